The van der Waals surface area contributed by atoms with E-state index < -0.39 is 0 Å². The quantitative estimate of drug-likeness (QED) is 0.774. The first-order chi connectivity index (χ1) is 15.4. The zero-order valence-corrected chi connectivity index (χ0v) is 18.9. The number of methoxy groups -OCH3 is 3. The van der Waals surface area contributed by atoms with Gasteiger partial charge in [-0.2, -0.15) is 0 Å². The van der Waals surface area contributed by atoms with Crippen LogP contribution in [0.25, 0.3) is 0 Å². The highest BCUT2D eigenvalue weighted by molar-refractivity contribution is 5.96. The lowest BCUT2D eigenvalue weighted by atomic mass is 9.93. The van der Waals surface area contributed by atoms with Crippen LogP contribution < -0.4 is 24.4 Å². The van der Waals surface area contributed by atoms with Gasteiger partial charge in [0.1, 0.15) is 5.75 Å². The molecule has 2 aliphatic rings. The molecule has 32 heavy (non-hydrogen) atoms. The summed E-state index contributed by atoms with van der Waals surface area (Å²) in [5, 5.41) is 3.06. The summed E-state index contributed by atoms with van der Waals surface area (Å²) in [4.78, 5) is 29.2. The largest absolute Gasteiger partial charge is 0.497 e. The van der Waals surface area contributed by atoms with Crippen molar-refractivity contribution in [1.82, 2.24) is 10.2 Å². The predicted octanol–water partition coefficient (Wildman–Crippen LogP) is 3.15. The number of benzene rings is 2. The first-order valence-electron chi connectivity index (χ1n) is 10.7. The lowest BCUT2D eigenvalue weighted by Gasteiger charge is -2.36. The Morgan fingerprint density at radius 3 is 2.38 bits per heavy atom. The molecule has 2 aromatic carbocycles. The van der Waals surface area contributed by atoms with Crippen LogP contribution in [0.1, 0.15) is 30.5 Å². The Labute approximate surface area is 188 Å². The first kappa shape index (κ1) is 21.8. The maximum atomic E-state index is 13.1. The molecule has 2 unspecified atom stereocenters. The molecule has 1 N–H and O–H groups in total. The molecule has 2 aliphatic heterocycles. The monoisotopic (exact) mass is 439 g/mol. The van der Waals surface area contributed by atoms with E-state index in [-0.39, 0.29) is 30.4 Å². The smallest absolute Gasteiger partial charge is 0.318 e. The molecule has 0 bridgehead atoms. The minimum atomic E-state index is -0.240. The van der Waals surface area contributed by atoms with E-state index in [0.717, 1.165) is 29.0 Å². The van der Waals surface area contributed by atoms with Gasteiger partial charge in [0.25, 0.3) is 0 Å². The summed E-state index contributed by atoms with van der Waals surface area (Å²) in [7, 11) is 4.83. The lowest BCUT2D eigenvalue weighted by molar-refractivity contribution is -0.117. The van der Waals surface area contributed by atoms with Crippen molar-refractivity contribution in [3.05, 3.63) is 47.5 Å². The molecule has 2 heterocycles. The zero-order valence-electron chi connectivity index (χ0n) is 18.9. The van der Waals surface area contributed by atoms with Gasteiger partial charge < -0.3 is 29.3 Å². The molecule has 1 saturated heterocycles. The number of urea groups is 1. The topological polar surface area (TPSA) is 80.3 Å². The summed E-state index contributed by atoms with van der Waals surface area (Å²) in [5.41, 5.74) is 3.00. The fourth-order valence-electron chi connectivity index (χ4n) is 4.50. The Hall–Kier alpha value is -3.42. The average Bonchev–Trinajstić information content (AvgIpc) is 3.18. The number of rotatable bonds is 5. The van der Waals surface area contributed by atoms with Gasteiger partial charge in [-0.1, -0.05) is 0 Å². The summed E-state index contributed by atoms with van der Waals surface area (Å²) in [6, 6.07) is 10.8. The van der Waals surface area contributed by atoms with E-state index in [2.05, 4.69) is 5.32 Å². The van der Waals surface area contributed by atoms with Gasteiger partial charge in [0.15, 0.2) is 11.5 Å². The second kappa shape index (κ2) is 8.98. The van der Waals surface area contributed by atoms with Gasteiger partial charge in [0.2, 0.25) is 5.91 Å². The lowest BCUT2D eigenvalue weighted by Crippen LogP contribution is -2.48. The SMILES string of the molecule is COc1ccc(N2CC(NC(=O)N3CCc4cc(OC)c(OC)cc4C3C)CC2=O)cc1. The molecule has 2 atom stereocenters. The van der Waals surface area contributed by atoms with Gasteiger partial charge >= 0.3 is 6.03 Å². The predicted molar refractivity (Wildman–Crippen MR) is 121 cm³/mol. The highest BCUT2D eigenvalue weighted by Gasteiger charge is 2.35. The maximum Gasteiger partial charge on any atom is 0.318 e. The van der Waals surface area contributed by atoms with Crippen LogP contribution >= 0.6 is 0 Å². The second-order valence-corrected chi connectivity index (χ2v) is 8.08. The van der Waals surface area contributed by atoms with Crippen molar-refractivity contribution >= 4 is 17.6 Å². The molecule has 8 heteroatoms. The summed E-state index contributed by atoms with van der Waals surface area (Å²) >= 11 is 0. The van der Waals surface area contributed by atoms with E-state index in [9.17, 15) is 9.59 Å². The van der Waals surface area contributed by atoms with Gasteiger partial charge in [0.05, 0.1) is 33.4 Å². The van der Waals surface area contributed by atoms with E-state index >= 15 is 0 Å². The van der Waals surface area contributed by atoms with Crippen LogP contribution in [-0.2, 0) is 11.2 Å². The molecule has 0 radical (unpaired) electrons. The Morgan fingerprint density at radius 1 is 1.03 bits per heavy atom. The van der Waals surface area contributed by atoms with Gasteiger partial charge in [-0.05, 0) is 60.9 Å². The number of ether oxygens (including phenoxy) is 3. The first-order valence-corrected chi connectivity index (χ1v) is 10.7. The van der Waals surface area contributed by atoms with E-state index in [0.29, 0.717) is 24.6 Å². The van der Waals surface area contributed by atoms with Crippen LogP contribution in [0.15, 0.2) is 36.4 Å². The Bertz CT molecular complexity index is 1010. The van der Waals surface area contributed by atoms with Crippen molar-refractivity contribution < 1.29 is 23.8 Å². The standard InChI is InChI=1S/C24H29N3O5/c1-15-20-13-22(32-4)21(31-3)11-16(20)9-10-26(15)24(29)25-17-12-23(28)27(14-17)18-5-7-19(30-2)8-6-18/h5-8,11,13,15,17H,9-10,12,14H2,1-4H3,(H,25,29). The van der Waals surface area contributed by atoms with E-state index in [1.165, 1.54) is 0 Å². The highest BCUT2D eigenvalue weighted by Crippen LogP contribution is 2.38. The number of carbonyl (C=O) groups is 2. The third-order valence-electron chi connectivity index (χ3n) is 6.28. The number of carbonyl (C=O) groups excluding carboxylic acids is 2. The average molecular weight is 440 g/mol. The fraction of sp³-hybridized carbons (Fsp3) is 0.417. The van der Waals surface area contributed by atoms with Crippen LogP contribution in [0.2, 0.25) is 0 Å². The van der Waals surface area contributed by atoms with Crippen LogP contribution in [-0.4, -0.2) is 57.3 Å². The van der Waals surface area contributed by atoms with E-state index in [1.54, 1.807) is 26.2 Å². The third-order valence-corrected chi connectivity index (χ3v) is 6.28. The van der Waals surface area contributed by atoms with E-state index in [4.69, 9.17) is 14.2 Å². The molecule has 8 nitrogen and oxygen atoms in total. The summed E-state index contributed by atoms with van der Waals surface area (Å²) in [6.07, 6.45) is 1.01. The molecule has 0 spiro atoms. The number of hydrogen-bond acceptors (Lipinski definition) is 5. The van der Waals surface area contributed by atoms with E-state index in [1.807, 2.05) is 48.2 Å². The molecule has 0 saturated carbocycles. The minimum absolute atomic E-state index is 0.00524. The highest BCUT2D eigenvalue weighted by atomic mass is 16.5. The molecule has 0 aliphatic carbocycles. The van der Waals surface area contributed by atoms with Crippen molar-refractivity contribution in [1.29, 1.82) is 0 Å². The van der Waals surface area contributed by atoms with Gasteiger partial charge in [-0.15, -0.1) is 0 Å². The number of anilines is 1. The summed E-state index contributed by atoms with van der Waals surface area (Å²) < 4.78 is 16.0. The maximum absolute atomic E-state index is 13.1. The van der Waals surface area contributed by atoms with Gasteiger partial charge in [0, 0.05) is 25.2 Å². The molecule has 4 rings (SSSR count). The Balaban J connectivity index is 1.43. The number of hydrogen-bond donors (Lipinski definition) is 1. The van der Waals surface area contributed by atoms with Crippen LogP contribution in [0.3, 0.4) is 0 Å². The molecular formula is C24H29N3O5. The van der Waals surface area contributed by atoms with Crippen LogP contribution in [0.4, 0.5) is 10.5 Å². The zero-order chi connectivity index (χ0) is 22.8. The molecule has 1 fully saturated rings. The number of nitrogens with one attached hydrogen (secondary N) is 1. The normalized spacial score (nSPS) is 20.1. The number of nitrogens with zero attached hydrogens (tertiary/aromatic N) is 2. The van der Waals surface area contributed by atoms with Crippen LogP contribution in [0, 0.1) is 0 Å². The van der Waals surface area contributed by atoms with Crippen molar-refractivity contribution in [3.63, 3.8) is 0 Å². The van der Waals surface area contributed by atoms with Crippen LogP contribution in [0.5, 0.6) is 17.2 Å². The molecule has 170 valence electrons. The summed E-state index contributed by atoms with van der Waals surface area (Å²) in [5.74, 6) is 2.07. The van der Waals surface area contributed by atoms with Crippen molar-refractivity contribution in [2.24, 2.45) is 0 Å². The fourth-order valence-corrected chi connectivity index (χ4v) is 4.50. The van der Waals surface area contributed by atoms with Crippen molar-refractivity contribution in [2.45, 2.75) is 31.8 Å². The minimum Gasteiger partial charge on any atom is -0.497 e. The Kier molecular flexibility index (Phi) is 6.12. The number of fused-ring (bicyclic) bond motifs is 1. The Morgan fingerprint density at radius 2 is 1.72 bits per heavy atom. The third kappa shape index (κ3) is 4.04. The molecule has 2 aromatic rings. The van der Waals surface area contributed by atoms with Crippen molar-refractivity contribution in [2.75, 3.05) is 39.3 Å². The van der Waals surface area contributed by atoms with Gasteiger partial charge in [-0.25, -0.2) is 4.79 Å². The van der Waals surface area contributed by atoms with Gasteiger partial charge in [-0.3, -0.25) is 4.79 Å². The van der Waals surface area contributed by atoms with Crippen molar-refractivity contribution in [3.8, 4) is 17.2 Å². The number of amides is 3. The molecule has 3 amide bonds. The molecule has 0 aromatic heterocycles. The summed E-state index contributed by atoms with van der Waals surface area (Å²) in [6.45, 7) is 3.05. The second-order valence-electron chi connectivity index (χ2n) is 8.08. The molecular weight excluding hydrogens is 410 g/mol.